The third-order valence-electron chi connectivity index (χ3n) is 3.49. The van der Waals surface area contributed by atoms with Gasteiger partial charge in [-0.2, -0.15) is 4.98 Å². The summed E-state index contributed by atoms with van der Waals surface area (Å²) in [4.78, 5) is 13.3. The van der Waals surface area contributed by atoms with E-state index in [9.17, 15) is 0 Å². The van der Waals surface area contributed by atoms with Crippen molar-refractivity contribution in [2.45, 2.75) is 19.9 Å². The van der Waals surface area contributed by atoms with Crippen LogP contribution >= 0.6 is 0 Å². The van der Waals surface area contributed by atoms with Crippen molar-refractivity contribution in [1.82, 2.24) is 14.9 Å². The average molecular weight is 265 g/mol. The van der Waals surface area contributed by atoms with E-state index in [4.69, 9.17) is 10.5 Å². The highest BCUT2D eigenvalue weighted by atomic mass is 16.5. The largest absolute Gasteiger partial charge is 0.477 e. The number of aromatic nitrogens is 2. The maximum absolute atomic E-state index is 5.71. The standard InChI is InChI=1S/C13H23N5O/c1-3-19-13-10-15-9-12(16-13)18-6-4-17(5-7-18)11(2)8-14/h9-11H,3-8,14H2,1-2H3. The Morgan fingerprint density at radius 2 is 2.05 bits per heavy atom. The third kappa shape index (κ3) is 3.54. The summed E-state index contributed by atoms with van der Waals surface area (Å²) in [7, 11) is 0. The van der Waals surface area contributed by atoms with Crippen LogP contribution in [0.2, 0.25) is 0 Å². The number of nitrogens with zero attached hydrogens (tertiary/aromatic N) is 4. The number of rotatable bonds is 5. The lowest BCUT2D eigenvalue weighted by Crippen LogP contribution is -2.51. The number of piperazine rings is 1. The number of ether oxygens (including phenoxy) is 1. The molecule has 2 N–H and O–H groups in total. The molecule has 0 saturated carbocycles. The molecule has 0 aliphatic carbocycles. The van der Waals surface area contributed by atoms with E-state index in [0.717, 1.165) is 32.0 Å². The van der Waals surface area contributed by atoms with Crippen LogP contribution in [0.4, 0.5) is 5.82 Å². The highest BCUT2D eigenvalue weighted by Crippen LogP contribution is 2.16. The van der Waals surface area contributed by atoms with Crippen molar-refractivity contribution in [2.75, 3.05) is 44.2 Å². The van der Waals surface area contributed by atoms with E-state index < -0.39 is 0 Å². The van der Waals surface area contributed by atoms with E-state index in [1.807, 2.05) is 6.92 Å². The average Bonchev–Trinajstić information content (AvgIpc) is 2.47. The zero-order valence-corrected chi connectivity index (χ0v) is 11.7. The summed E-state index contributed by atoms with van der Waals surface area (Å²) in [5.74, 6) is 1.49. The summed E-state index contributed by atoms with van der Waals surface area (Å²) < 4.78 is 5.39. The fraction of sp³-hybridized carbons (Fsp3) is 0.692. The lowest BCUT2D eigenvalue weighted by atomic mass is 10.2. The Balaban J connectivity index is 1.95. The highest BCUT2D eigenvalue weighted by molar-refractivity contribution is 5.38. The second-order valence-corrected chi connectivity index (χ2v) is 4.76. The zero-order chi connectivity index (χ0) is 13.7. The van der Waals surface area contributed by atoms with Gasteiger partial charge in [0.05, 0.1) is 19.0 Å². The number of hydrogen-bond donors (Lipinski definition) is 1. The normalized spacial score (nSPS) is 18.4. The smallest absolute Gasteiger partial charge is 0.234 e. The molecule has 0 radical (unpaired) electrons. The molecule has 1 unspecified atom stereocenters. The lowest BCUT2D eigenvalue weighted by Gasteiger charge is -2.38. The monoisotopic (exact) mass is 265 g/mol. The zero-order valence-electron chi connectivity index (χ0n) is 11.7. The molecule has 0 spiro atoms. The molecule has 0 bridgehead atoms. The van der Waals surface area contributed by atoms with Crippen LogP contribution in [0.5, 0.6) is 5.88 Å². The summed E-state index contributed by atoms with van der Waals surface area (Å²) in [6, 6.07) is 0.447. The van der Waals surface area contributed by atoms with Crippen molar-refractivity contribution in [1.29, 1.82) is 0 Å². The predicted octanol–water partition coefficient (Wildman–Crippen LogP) is 0.345. The number of anilines is 1. The van der Waals surface area contributed by atoms with E-state index in [2.05, 4.69) is 26.7 Å². The lowest BCUT2D eigenvalue weighted by molar-refractivity contribution is 0.201. The van der Waals surface area contributed by atoms with Gasteiger partial charge < -0.3 is 15.4 Å². The van der Waals surface area contributed by atoms with Gasteiger partial charge in [-0.3, -0.25) is 9.88 Å². The first-order valence-electron chi connectivity index (χ1n) is 6.88. The van der Waals surface area contributed by atoms with Gasteiger partial charge in [0.2, 0.25) is 5.88 Å². The molecule has 0 amide bonds. The summed E-state index contributed by atoms with van der Waals surface area (Å²) in [6.07, 6.45) is 3.45. The predicted molar refractivity (Wildman–Crippen MR) is 75.5 cm³/mol. The molecule has 1 aromatic heterocycles. The molecule has 6 heteroatoms. The van der Waals surface area contributed by atoms with Gasteiger partial charge in [0, 0.05) is 38.8 Å². The van der Waals surface area contributed by atoms with Crippen molar-refractivity contribution in [3.05, 3.63) is 12.4 Å². The molecule has 0 aromatic carbocycles. The van der Waals surface area contributed by atoms with Crippen LogP contribution in [-0.2, 0) is 0 Å². The van der Waals surface area contributed by atoms with Crippen LogP contribution in [0, 0.1) is 0 Å². The van der Waals surface area contributed by atoms with Crippen molar-refractivity contribution in [3.63, 3.8) is 0 Å². The van der Waals surface area contributed by atoms with Gasteiger partial charge in [0.25, 0.3) is 0 Å². The summed E-state index contributed by atoms with van der Waals surface area (Å²) >= 11 is 0. The number of hydrogen-bond acceptors (Lipinski definition) is 6. The minimum Gasteiger partial charge on any atom is -0.477 e. The van der Waals surface area contributed by atoms with Gasteiger partial charge in [-0.05, 0) is 13.8 Å². The molecular weight excluding hydrogens is 242 g/mol. The molecule has 1 aliphatic rings. The molecule has 1 atom stereocenters. The maximum Gasteiger partial charge on any atom is 0.234 e. The Labute approximate surface area is 114 Å². The van der Waals surface area contributed by atoms with Gasteiger partial charge in [0.15, 0.2) is 5.82 Å². The van der Waals surface area contributed by atoms with E-state index in [0.29, 0.717) is 25.1 Å². The Hall–Kier alpha value is -1.40. The molecule has 1 aliphatic heterocycles. The van der Waals surface area contributed by atoms with E-state index in [-0.39, 0.29) is 0 Å². The van der Waals surface area contributed by atoms with E-state index in [1.54, 1.807) is 12.4 Å². The van der Waals surface area contributed by atoms with Gasteiger partial charge in [0.1, 0.15) is 0 Å². The Kier molecular flexibility index (Phi) is 4.93. The summed E-state index contributed by atoms with van der Waals surface area (Å²) in [6.45, 7) is 9.37. The van der Waals surface area contributed by atoms with Crippen molar-refractivity contribution in [3.8, 4) is 5.88 Å². The summed E-state index contributed by atoms with van der Waals surface area (Å²) in [5.41, 5.74) is 5.71. The third-order valence-corrected chi connectivity index (χ3v) is 3.49. The van der Waals surface area contributed by atoms with Gasteiger partial charge in [-0.15, -0.1) is 0 Å². The number of nitrogens with two attached hydrogens (primary N) is 1. The first-order valence-corrected chi connectivity index (χ1v) is 6.88. The summed E-state index contributed by atoms with van der Waals surface area (Å²) in [5, 5.41) is 0. The second-order valence-electron chi connectivity index (χ2n) is 4.76. The van der Waals surface area contributed by atoms with Crippen molar-refractivity contribution >= 4 is 5.82 Å². The fourth-order valence-corrected chi connectivity index (χ4v) is 2.25. The highest BCUT2D eigenvalue weighted by Gasteiger charge is 2.21. The van der Waals surface area contributed by atoms with Crippen molar-refractivity contribution < 1.29 is 4.74 Å². The quantitative estimate of drug-likeness (QED) is 0.828. The van der Waals surface area contributed by atoms with E-state index in [1.165, 1.54) is 0 Å². The van der Waals surface area contributed by atoms with Crippen molar-refractivity contribution in [2.24, 2.45) is 5.73 Å². The van der Waals surface area contributed by atoms with Crippen LogP contribution in [0.1, 0.15) is 13.8 Å². The minimum absolute atomic E-state index is 0.447. The molecular formula is C13H23N5O. The first kappa shape index (κ1) is 14.0. The molecule has 19 heavy (non-hydrogen) atoms. The first-order chi connectivity index (χ1) is 9.24. The van der Waals surface area contributed by atoms with Crippen LogP contribution < -0.4 is 15.4 Å². The van der Waals surface area contributed by atoms with E-state index >= 15 is 0 Å². The SMILES string of the molecule is CCOc1cncc(N2CCN(C(C)CN)CC2)n1. The molecule has 106 valence electrons. The van der Waals surface area contributed by atoms with Crippen LogP contribution in [0.3, 0.4) is 0 Å². The Bertz CT molecular complexity index is 392. The molecule has 1 saturated heterocycles. The Morgan fingerprint density at radius 1 is 1.32 bits per heavy atom. The maximum atomic E-state index is 5.71. The van der Waals surface area contributed by atoms with Gasteiger partial charge >= 0.3 is 0 Å². The molecule has 1 fully saturated rings. The molecule has 1 aromatic rings. The fourth-order valence-electron chi connectivity index (χ4n) is 2.25. The second kappa shape index (κ2) is 6.68. The van der Waals surface area contributed by atoms with Crippen LogP contribution in [0.25, 0.3) is 0 Å². The van der Waals surface area contributed by atoms with Crippen LogP contribution in [0.15, 0.2) is 12.4 Å². The molecule has 2 heterocycles. The van der Waals surface area contributed by atoms with Gasteiger partial charge in [-0.1, -0.05) is 0 Å². The molecule has 6 nitrogen and oxygen atoms in total. The van der Waals surface area contributed by atoms with Gasteiger partial charge in [-0.25, -0.2) is 0 Å². The minimum atomic E-state index is 0.447. The Morgan fingerprint density at radius 3 is 2.68 bits per heavy atom. The molecule has 2 rings (SSSR count). The van der Waals surface area contributed by atoms with Crippen LogP contribution in [-0.4, -0.2) is 60.2 Å². The topological polar surface area (TPSA) is 67.5 Å².